The van der Waals surface area contributed by atoms with Crippen molar-refractivity contribution in [2.24, 2.45) is 0 Å². The molecular weight excluding hydrogens is 178 g/mol. The van der Waals surface area contributed by atoms with Crippen LogP contribution in [0.2, 0.25) is 0 Å². The topological polar surface area (TPSA) is 98.0 Å². The van der Waals surface area contributed by atoms with Gasteiger partial charge in [0, 0.05) is 0 Å². The molecule has 0 aliphatic carbocycles. The molecule has 0 heterocycles. The second-order valence-corrected chi connectivity index (χ2v) is 2.14. The first-order chi connectivity index (χ1) is 5.34. The number of aliphatic hydroxyl groups is 4. The maximum Gasteiger partial charge on any atom is 0.368 e. The lowest BCUT2D eigenvalue weighted by molar-refractivity contribution is -0.215. The van der Waals surface area contributed by atoms with Crippen LogP contribution >= 0.6 is 0 Å². The predicted molar refractivity (Wildman–Crippen MR) is 31.3 cm³/mol. The Kier molecular flexibility index (Phi) is 3.65. The summed E-state index contributed by atoms with van der Waals surface area (Å²) in [5.41, 5.74) is 0. The molecular formula is C5H8F2O5. The Hall–Kier alpha value is -0.630. The van der Waals surface area contributed by atoms with E-state index in [9.17, 15) is 13.6 Å². The highest BCUT2D eigenvalue weighted by Crippen LogP contribution is 2.17. The summed E-state index contributed by atoms with van der Waals surface area (Å²) < 4.78 is 24.0. The average Bonchev–Trinajstić information content (AvgIpc) is 2.01. The summed E-state index contributed by atoms with van der Waals surface area (Å²) in [6, 6.07) is -2.83. The van der Waals surface area contributed by atoms with E-state index in [0.717, 1.165) is 0 Å². The van der Waals surface area contributed by atoms with E-state index in [2.05, 4.69) is 0 Å². The molecule has 12 heavy (non-hydrogen) atoms. The molecule has 0 aliphatic rings. The number of halogens is 2. The van der Waals surface area contributed by atoms with Gasteiger partial charge in [-0.1, -0.05) is 0 Å². The zero-order valence-corrected chi connectivity index (χ0v) is 5.81. The van der Waals surface area contributed by atoms with Crippen LogP contribution in [0.5, 0.6) is 0 Å². The van der Waals surface area contributed by atoms with Gasteiger partial charge in [0.25, 0.3) is 0 Å². The number of hydrogen-bond acceptors (Lipinski definition) is 5. The SMILES string of the molecule is O=C(F)[C@@](O)(F)[C@H](O)[C@H](O)CO. The van der Waals surface area contributed by atoms with Gasteiger partial charge < -0.3 is 20.4 Å². The molecule has 0 fully saturated rings. The smallest absolute Gasteiger partial charge is 0.368 e. The van der Waals surface area contributed by atoms with Crippen molar-refractivity contribution in [3.63, 3.8) is 0 Å². The highest BCUT2D eigenvalue weighted by molar-refractivity contribution is 5.76. The predicted octanol–water partition coefficient (Wildman–Crippen LogP) is -2.15. The normalized spacial score (nSPS) is 21.2. The fraction of sp³-hybridized carbons (Fsp3) is 0.800. The third-order valence-electron chi connectivity index (χ3n) is 1.22. The molecule has 0 saturated carbocycles. The average molecular weight is 186 g/mol. The van der Waals surface area contributed by atoms with Crippen molar-refractivity contribution < 1.29 is 34.0 Å². The van der Waals surface area contributed by atoms with Crippen LogP contribution in [-0.2, 0) is 4.79 Å². The lowest BCUT2D eigenvalue weighted by Gasteiger charge is -2.22. The van der Waals surface area contributed by atoms with E-state index >= 15 is 0 Å². The molecule has 0 aromatic rings. The molecule has 0 unspecified atom stereocenters. The van der Waals surface area contributed by atoms with Crippen molar-refractivity contribution in [1.29, 1.82) is 0 Å². The van der Waals surface area contributed by atoms with Crippen molar-refractivity contribution in [1.82, 2.24) is 0 Å². The van der Waals surface area contributed by atoms with Gasteiger partial charge in [-0.3, -0.25) is 4.79 Å². The number of hydrogen-bond donors (Lipinski definition) is 4. The summed E-state index contributed by atoms with van der Waals surface area (Å²) >= 11 is 0. The van der Waals surface area contributed by atoms with Gasteiger partial charge in [0.2, 0.25) is 0 Å². The van der Waals surface area contributed by atoms with Gasteiger partial charge in [0.05, 0.1) is 6.61 Å². The molecule has 3 atom stereocenters. The Labute approximate surface area is 65.9 Å². The van der Waals surface area contributed by atoms with Crippen molar-refractivity contribution in [2.75, 3.05) is 6.61 Å². The summed E-state index contributed by atoms with van der Waals surface area (Å²) in [5.74, 6) is -4.18. The second kappa shape index (κ2) is 3.85. The minimum atomic E-state index is -4.18. The number of alkyl halides is 1. The van der Waals surface area contributed by atoms with E-state index in [-0.39, 0.29) is 0 Å². The van der Waals surface area contributed by atoms with Crippen LogP contribution in [0.15, 0.2) is 0 Å². The molecule has 7 heteroatoms. The molecule has 0 bridgehead atoms. The van der Waals surface area contributed by atoms with E-state index in [1.807, 2.05) is 0 Å². The molecule has 0 spiro atoms. The minimum absolute atomic E-state index is 1.11. The Morgan fingerprint density at radius 3 is 2.17 bits per heavy atom. The maximum absolute atomic E-state index is 12.4. The summed E-state index contributed by atoms with van der Waals surface area (Å²) in [6.45, 7) is -1.11. The molecule has 0 amide bonds. The third kappa shape index (κ3) is 2.18. The molecule has 0 aromatic carbocycles. The van der Waals surface area contributed by atoms with Gasteiger partial charge in [-0.25, -0.2) is 0 Å². The number of carbonyl (C=O) groups excluding carboxylic acids is 1. The number of carbonyl (C=O) groups is 1. The van der Waals surface area contributed by atoms with Crippen LogP contribution in [0, 0.1) is 0 Å². The Bertz CT molecular complexity index is 171. The van der Waals surface area contributed by atoms with E-state index < -0.39 is 30.7 Å². The molecule has 0 radical (unpaired) electrons. The van der Waals surface area contributed by atoms with Gasteiger partial charge >= 0.3 is 11.9 Å². The van der Waals surface area contributed by atoms with E-state index in [0.29, 0.717) is 0 Å². The second-order valence-electron chi connectivity index (χ2n) is 2.14. The molecule has 5 nitrogen and oxygen atoms in total. The molecule has 0 aliphatic heterocycles. The molecule has 0 saturated heterocycles. The van der Waals surface area contributed by atoms with Crippen molar-refractivity contribution in [2.45, 2.75) is 18.1 Å². The fourth-order valence-electron chi connectivity index (χ4n) is 0.471. The van der Waals surface area contributed by atoms with E-state index in [4.69, 9.17) is 20.4 Å². The van der Waals surface area contributed by atoms with Crippen molar-refractivity contribution >= 4 is 6.04 Å². The molecule has 0 rings (SSSR count). The van der Waals surface area contributed by atoms with Gasteiger partial charge in [0.1, 0.15) is 6.10 Å². The Balaban J connectivity index is 4.44. The first-order valence-corrected chi connectivity index (χ1v) is 2.92. The molecule has 4 N–H and O–H groups in total. The first-order valence-electron chi connectivity index (χ1n) is 2.92. The number of aliphatic hydroxyl groups excluding tert-OH is 3. The van der Waals surface area contributed by atoms with Gasteiger partial charge in [-0.2, -0.15) is 8.78 Å². The quantitative estimate of drug-likeness (QED) is 0.375. The van der Waals surface area contributed by atoms with Gasteiger partial charge in [0.15, 0.2) is 6.10 Å². The van der Waals surface area contributed by atoms with Crippen molar-refractivity contribution in [3.05, 3.63) is 0 Å². The van der Waals surface area contributed by atoms with Crippen LogP contribution in [0.3, 0.4) is 0 Å². The largest absolute Gasteiger partial charge is 0.394 e. The van der Waals surface area contributed by atoms with Crippen LogP contribution in [0.1, 0.15) is 0 Å². The monoisotopic (exact) mass is 186 g/mol. The van der Waals surface area contributed by atoms with Crippen LogP contribution in [0.25, 0.3) is 0 Å². The molecule has 72 valence electrons. The van der Waals surface area contributed by atoms with Crippen LogP contribution in [0.4, 0.5) is 8.78 Å². The Morgan fingerprint density at radius 2 is 1.92 bits per heavy atom. The third-order valence-corrected chi connectivity index (χ3v) is 1.22. The van der Waals surface area contributed by atoms with E-state index in [1.165, 1.54) is 0 Å². The minimum Gasteiger partial charge on any atom is -0.394 e. The summed E-state index contributed by atoms with van der Waals surface area (Å²) in [4.78, 5) is 9.68. The van der Waals surface area contributed by atoms with Crippen molar-refractivity contribution in [3.8, 4) is 0 Å². The maximum atomic E-state index is 12.4. The lowest BCUT2D eigenvalue weighted by Crippen LogP contribution is -2.51. The Morgan fingerprint density at radius 1 is 1.50 bits per heavy atom. The fourth-order valence-corrected chi connectivity index (χ4v) is 0.471. The van der Waals surface area contributed by atoms with Crippen LogP contribution in [-0.4, -0.2) is 51.1 Å². The van der Waals surface area contributed by atoms with Crippen LogP contribution < -0.4 is 0 Å². The van der Waals surface area contributed by atoms with Gasteiger partial charge in [-0.05, 0) is 0 Å². The first kappa shape index (κ1) is 11.4. The summed E-state index contributed by atoms with van der Waals surface area (Å²) in [6.07, 6.45) is -4.83. The van der Waals surface area contributed by atoms with E-state index in [1.54, 1.807) is 0 Å². The molecule has 0 aromatic heterocycles. The standard InChI is InChI=1S/C5H8F2O5/c6-4(11)5(7,12)3(10)2(9)1-8/h2-3,8-10,12H,1H2/t2-,3-,5-/m1/s1. The summed E-state index contributed by atoms with van der Waals surface area (Å²) in [5, 5.41) is 33.4. The number of rotatable bonds is 4. The highest BCUT2D eigenvalue weighted by atomic mass is 19.2. The zero-order valence-electron chi connectivity index (χ0n) is 5.81. The lowest BCUT2D eigenvalue weighted by atomic mass is 10.1. The van der Waals surface area contributed by atoms with Gasteiger partial charge in [-0.15, -0.1) is 0 Å². The summed E-state index contributed by atoms with van der Waals surface area (Å²) in [7, 11) is 0. The zero-order chi connectivity index (χ0) is 9.94. The highest BCUT2D eigenvalue weighted by Gasteiger charge is 2.47.